The summed E-state index contributed by atoms with van der Waals surface area (Å²) in [5, 5.41) is 10.6. The summed E-state index contributed by atoms with van der Waals surface area (Å²) >= 11 is 3.41. The first-order chi connectivity index (χ1) is 12.7. The van der Waals surface area contributed by atoms with Crippen molar-refractivity contribution in [1.82, 2.24) is 4.90 Å². The highest BCUT2D eigenvalue weighted by Gasteiger charge is 2.45. The lowest BCUT2D eigenvalue weighted by Crippen LogP contribution is -2.32. The average Bonchev–Trinajstić information content (AvgIpc) is 2.87. The van der Waals surface area contributed by atoms with Gasteiger partial charge in [0.15, 0.2) is 11.5 Å². The summed E-state index contributed by atoms with van der Waals surface area (Å²) in [6.07, 6.45) is 0. The molecule has 140 valence electrons. The molecule has 5 heteroatoms. The maximum atomic E-state index is 13.1. The first kappa shape index (κ1) is 19.4. The van der Waals surface area contributed by atoms with Crippen LogP contribution in [0.3, 0.4) is 0 Å². The summed E-state index contributed by atoms with van der Waals surface area (Å²) in [5.41, 5.74) is 1.19. The molecule has 0 saturated heterocycles. The first-order valence-corrected chi connectivity index (χ1v) is 9.57. The lowest BCUT2D eigenvalue weighted by atomic mass is 9.82. The van der Waals surface area contributed by atoms with Gasteiger partial charge in [-0.25, -0.2) is 0 Å². The Hall–Kier alpha value is -2.40. The zero-order valence-electron chi connectivity index (χ0n) is 15.6. The Labute approximate surface area is 167 Å². The smallest absolute Gasteiger partial charge is 0.290 e. The predicted octanol–water partition coefficient (Wildman–Crippen LogP) is 4.96. The fourth-order valence-corrected chi connectivity index (χ4v) is 3.49. The van der Waals surface area contributed by atoms with Crippen LogP contribution in [-0.2, 0) is 16.1 Å². The van der Waals surface area contributed by atoms with Crippen LogP contribution >= 0.6 is 15.9 Å². The zero-order valence-corrected chi connectivity index (χ0v) is 17.2. The molecule has 1 aliphatic heterocycles. The fourth-order valence-electron chi connectivity index (χ4n) is 3.22. The summed E-state index contributed by atoms with van der Waals surface area (Å²) in [6, 6.07) is 16.4. The predicted molar refractivity (Wildman–Crippen MR) is 108 cm³/mol. The Bertz CT molecular complexity index is 895. The van der Waals surface area contributed by atoms with Crippen LogP contribution in [0.1, 0.15) is 37.9 Å². The van der Waals surface area contributed by atoms with Crippen molar-refractivity contribution in [3.63, 3.8) is 0 Å². The minimum Gasteiger partial charge on any atom is -0.503 e. The largest absolute Gasteiger partial charge is 0.503 e. The molecule has 1 N–H and O–H groups in total. The van der Waals surface area contributed by atoms with Gasteiger partial charge in [-0.05, 0) is 23.3 Å². The van der Waals surface area contributed by atoms with Crippen LogP contribution in [0.4, 0.5) is 0 Å². The molecule has 0 spiro atoms. The maximum absolute atomic E-state index is 13.1. The number of carbonyl (C=O) groups is 2. The van der Waals surface area contributed by atoms with E-state index in [1.165, 1.54) is 0 Å². The van der Waals surface area contributed by atoms with Crippen molar-refractivity contribution in [2.45, 2.75) is 33.4 Å². The van der Waals surface area contributed by atoms with Gasteiger partial charge >= 0.3 is 0 Å². The van der Waals surface area contributed by atoms with E-state index in [0.717, 1.165) is 15.6 Å². The van der Waals surface area contributed by atoms with Gasteiger partial charge in [-0.2, -0.15) is 0 Å². The monoisotopic (exact) mass is 427 g/mol. The number of halogens is 1. The summed E-state index contributed by atoms with van der Waals surface area (Å²) < 4.78 is 0.905. The molecule has 0 aliphatic carbocycles. The molecule has 2 aromatic rings. The number of amides is 1. The van der Waals surface area contributed by atoms with Crippen molar-refractivity contribution in [1.29, 1.82) is 0 Å². The number of aliphatic hydroxyl groups excluding tert-OH is 1. The lowest BCUT2D eigenvalue weighted by Gasteiger charge is -2.29. The molecule has 1 amide bonds. The van der Waals surface area contributed by atoms with Gasteiger partial charge in [-0.1, -0.05) is 79.2 Å². The second kappa shape index (κ2) is 7.31. The number of aliphatic hydroxyl groups is 1. The van der Waals surface area contributed by atoms with Gasteiger partial charge in [0, 0.05) is 16.4 Å². The molecule has 0 aromatic heterocycles. The van der Waals surface area contributed by atoms with E-state index in [0.29, 0.717) is 6.54 Å². The third kappa shape index (κ3) is 3.83. The van der Waals surface area contributed by atoms with Crippen molar-refractivity contribution < 1.29 is 14.7 Å². The minimum atomic E-state index is -0.708. The Morgan fingerprint density at radius 2 is 1.67 bits per heavy atom. The van der Waals surface area contributed by atoms with E-state index in [1.54, 1.807) is 25.7 Å². The van der Waals surface area contributed by atoms with Gasteiger partial charge in [0.2, 0.25) is 0 Å². The first-order valence-electron chi connectivity index (χ1n) is 8.78. The molecular formula is C22H22BrNO3. The van der Waals surface area contributed by atoms with Crippen LogP contribution in [-0.4, -0.2) is 21.7 Å². The van der Waals surface area contributed by atoms with Crippen LogP contribution in [0, 0.1) is 5.41 Å². The number of carbonyl (C=O) groups excluding carboxylic acids is 2. The highest BCUT2D eigenvalue weighted by Crippen LogP contribution is 2.41. The molecule has 0 saturated carbocycles. The summed E-state index contributed by atoms with van der Waals surface area (Å²) in [4.78, 5) is 27.5. The Balaban J connectivity index is 2.09. The summed E-state index contributed by atoms with van der Waals surface area (Å²) in [5.74, 6) is -1.19. The number of benzene rings is 2. The third-order valence-corrected chi connectivity index (χ3v) is 5.14. The topological polar surface area (TPSA) is 57.6 Å². The highest BCUT2D eigenvalue weighted by molar-refractivity contribution is 9.10. The van der Waals surface area contributed by atoms with Crippen LogP contribution in [0.5, 0.6) is 0 Å². The Morgan fingerprint density at radius 3 is 2.22 bits per heavy atom. The summed E-state index contributed by atoms with van der Waals surface area (Å²) in [6.45, 7) is 5.68. The molecule has 4 nitrogen and oxygen atoms in total. The summed E-state index contributed by atoms with van der Waals surface area (Å²) in [7, 11) is 0. The number of hydrogen-bond donors (Lipinski definition) is 1. The Kier molecular flexibility index (Phi) is 5.24. The van der Waals surface area contributed by atoms with Crippen molar-refractivity contribution in [2.75, 3.05) is 0 Å². The van der Waals surface area contributed by atoms with Gasteiger partial charge < -0.3 is 10.0 Å². The van der Waals surface area contributed by atoms with E-state index in [2.05, 4.69) is 15.9 Å². The van der Waals surface area contributed by atoms with Gasteiger partial charge in [-0.15, -0.1) is 0 Å². The molecule has 3 rings (SSSR count). The molecular weight excluding hydrogens is 406 g/mol. The van der Waals surface area contributed by atoms with E-state index >= 15 is 0 Å². The fraction of sp³-hybridized carbons (Fsp3) is 0.273. The zero-order chi connectivity index (χ0) is 19.8. The van der Waals surface area contributed by atoms with Crippen molar-refractivity contribution in [3.8, 4) is 0 Å². The van der Waals surface area contributed by atoms with Gasteiger partial charge in [-0.3, -0.25) is 9.59 Å². The van der Waals surface area contributed by atoms with E-state index in [-0.39, 0.29) is 11.4 Å². The van der Waals surface area contributed by atoms with Crippen molar-refractivity contribution in [2.24, 2.45) is 5.41 Å². The van der Waals surface area contributed by atoms with Gasteiger partial charge in [0.05, 0.1) is 11.6 Å². The van der Waals surface area contributed by atoms with Gasteiger partial charge in [0.1, 0.15) is 0 Å². The normalized spacial score (nSPS) is 17.6. The molecule has 0 radical (unpaired) electrons. The Morgan fingerprint density at radius 1 is 1.07 bits per heavy atom. The second-order valence-electron chi connectivity index (χ2n) is 7.71. The average molecular weight is 428 g/mol. The lowest BCUT2D eigenvalue weighted by molar-refractivity contribution is -0.130. The number of hydrogen-bond acceptors (Lipinski definition) is 3. The van der Waals surface area contributed by atoms with Crippen molar-refractivity contribution >= 4 is 27.6 Å². The molecule has 0 fully saturated rings. The van der Waals surface area contributed by atoms with E-state index in [4.69, 9.17) is 0 Å². The molecule has 0 bridgehead atoms. The quantitative estimate of drug-likeness (QED) is 0.749. The standard InChI is InChI=1S/C22H22BrNO3/c1-22(2,3)20(26)17-18(15-9-11-16(23)12-10-15)24(21(27)19(17)25)13-14-7-5-4-6-8-14/h4-12,18,25H,13H2,1-3H3. The highest BCUT2D eigenvalue weighted by atomic mass is 79.9. The number of rotatable bonds is 4. The molecule has 1 aliphatic rings. The van der Waals surface area contributed by atoms with Crippen LogP contribution in [0.15, 0.2) is 70.4 Å². The third-order valence-electron chi connectivity index (χ3n) is 4.61. The number of Topliss-reactive ketones (excluding diaryl/α,β-unsaturated/α-hetero) is 1. The molecule has 1 heterocycles. The van der Waals surface area contributed by atoms with E-state index in [1.807, 2.05) is 54.6 Å². The van der Waals surface area contributed by atoms with E-state index < -0.39 is 23.1 Å². The maximum Gasteiger partial charge on any atom is 0.290 e. The second-order valence-corrected chi connectivity index (χ2v) is 8.63. The molecule has 27 heavy (non-hydrogen) atoms. The van der Waals surface area contributed by atoms with Crippen LogP contribution < -0.4 is 0 Å². The minimum absolute atomic E-state index is 0.172. The van der Waals surface area contributed by atoms with Gasteiger partial charge in [0.25, 0.3) is 5.91 Å². The number of ketones is 1. The molecule has 1 unspecified atom stereocenters. The molecule has 1 atom stereocenters. The number of nitrogens with zero attached hydrogens (tertiary/aromatic N) is 1. The SMILES string of the molecule is CC(C)(C)C(=O)C1=C(O)C(=O)N(Cc2ccccc2)C1c1ccc(Br)cc1. The van der Waals surface area contributed by atoms with Crippen LogP contribution in [0.2, 0.25) is 0 Å². The van der Waals surface area contributed by atoms with Crippen molar-refractivity contribution in [3.05, 3.63) is 81.5 Å². The van der Waals surface area contributed by atoms with E-state index in [9.17, 15) is 14.7 Å². The molecule has 2 aromatic carbocycles. The van der Waals surface area contributed by atoms with Crippen LogP contribution in [0.25, 0.3) is 0 Å².